The normalized spacial score (nSPS) is 9.86. The molecule has 0 aliphatic heterocycles. The van der Waals surface area contributed by atoms with E-state index in [4.69, 9.17) is 9.84 Å². The van der Waals surface area contributed by atoms with Gasteiger partial charge in [0.05, 0.1) is 13.2 Å². The molecule has 0 radical (unpaired) electrons. The Kier molecular flexibility index (Phi) is 9.68. The molecule has 5 nitrogen and oxygen atoms in total. The molecule has 0 saturated carbocycles. The summed E-state index contributed by atoms with van der Waals surface area (Å²) < 4.78 is 5.02. The van der Waals surface area contributed by atoms with E-state index in [-0.39, 0.29) is 12.6 Å². The van der Waals surface area contributed by atoms with Crippen molar-refractivity contribution in [2.75, 3.05) is 32.9 Å². The fourth-order valence-electron chi connectivity index (χ4n) is 0.844. The average Bonchev–Trinajstić information content (AvgIpc) is 2.20. The van der Waals surface area contributed by atoms with E-state index >= 15 is 0 Å². The summed E-state index contributed by atoms with van der Waals surface area (Å²) in [5, 5.41) is 13.8. The van der Waals surface area contributed by atoms with E-state index in [1.165, 1.54) is 0 Å². The molecule has 2 amide bonds. The highest BCUT2D eigenvalue weighted by Gasteiger charge is 1.96. The van der Waals surface area contributed by atoms with Gasteiger partial charge in [-0.05, 0) is 12.8 Å². The first-order chi connectivity index (χ1) is 6.81. The average molecular weight is 204 g/mol. The van der Waals surface area contributed by atoms with Gasteiger partial charge in [-0.1, -0.05) is 6.92 Å². The summed E-state index contributed by atoms with van der Waals surface area (Å²) in [6, 6.07) is -0.131. The molecule has 0 rings (SSSR count). The lowest BCUT2D eigenvalue weighted by Gasteiger charge is -2.06. The Morgan fingerprint density at radius 2 is 2.00 bits per heavy atom. The van der Waals surface area contributed by atoms with Crippen LogP contribution < -0.4 is 10.6 Å². The number of aliphatic hydroxyl groups excluding tert-OH is 1. The fourth-order valence-corrected chi connectivity index (χ4v) is 0.844. The summed E-state index contributed by atoms with van der Waals surface area (Å²) in [5.74, 6) is 0. The van der Waals surface area contributed by atoms with Crippen LogP contribution in [0.25, 0.3) is 0 Å². The first kappa shape index (κ1) is 13.2. The molecule has 0 atom stereocenters. The minimum Gasteiger partial charge on any atom is -0.394 e. The zero-order valence-electron chi connectivity index (χ0n) is 8.71. The Morgan fingerprint density at radius 1 is 1.29 bits per heavy atom. The van der Waals surface area contributed by atoms with Crippen LogP contribution in [0.4, 0.5) is 4.79 Å². The van der Waals surface area contributed by atoms with Gasteiger partial charge in [-0.3, -0.25) is 0 Å². The van der Waals surface area contributed by atoms with Crippen molar-refractivity contribution in [3.63, 3.8) is 0 Å². The number of carbonyl (C=O) groups excluding carboxylic acids is 1. The van der Waals surface area contributed by atoms with Crippen molar-refractivity contribution < 1.29 is 14.6 Å². The van der Waals surface area contributed by atoms with Crippen molar-refractivity contribution in [3.8, 4) is 0 Å². The predicted octanol–water partition coefficient (Wildman–Crippen LogP) is 0.0946. The number of urea groups is 1. The lowest BCUT2D eigenvalue weighted by atomic mass is 10.4. The monoisotopic (exact) mass is 204 g/mol. The maximum absolute atomic E-state index is 11.0. The third-order valence-electron chi connectivity index (χ3n) is 1.52. The first-order valence-corrected chi connectivity index (χ1v) is 5.01. The molecule has 0 aromatic carbocycles. The van der Waals surface area contributed by atoms with Crippen LogP contribution in [0.3, 0.4) is 0 Å². The van der Waals surface area contributed by atoms with Crippen molar-refractivity contribution in [2.24, 2.45) is 0 Å². The summed E-state index contributed by atoms with van der Waals surface area (Å²) in [6.45, 7) is 4.28. The van der Waals surface area contributed by atoms with Gasteiger partial charge in [0, 0.05) is 19.7 Å². The van der Waals surface area contributed by atoms with Crippen molar-refractivity contribution in [1.29, 1.82) is 0 Å². The largest absolute Gasteiger partial charge is 0.394 e. The molecule has 0 aliphatic carbocycles. The highest BCUT2D eigenvalue weighted by molar-refractivity contribution is 5.73. The van der Waals surface area contributed by atoms with Gasteiger partial charge in [0.2, 0.25) is 0 Å². The lowest BCUT2D eigenvalue weighted by Crippen LogP contribution is -2.36. The van der Waals surface area contributed by atoms with Crippen molar-refractivity contribution in [1.82, 2.24) is 10.6 Å². The van der Waals surface area contributed by atoms with Gasteiger partial charge in [-0.2, -0.15) is 0 Å². The van der Waals surface area contributed by atoms with Gasteiger partial charge in [-0.15, -0.1) is 0 Å². The highest BCUT2D eigenvalue weighted by atomic mass is 16.5. The zero-order valence-corrected chi connectivity index (χ0v) is 8.71. The highest BCUT2D eigenvalue weighted by Crippen LogP contribution is 1.80. The third-order valence-corrected chi connectivity index (χ3v) is 1.52. The number of hydrogen-bond acceptors (Lipinski definition) is 3. The molecule has 84 valence electrons. The van der Waals surface area contributed by atoms with Crippen LogP contribution in [-0.4, -0.2) is 44.0 Å². The van der Waals surface area contributed by atoms with Crippen LogP contribution in [0.2, 0.25) is 0 Å². The maximum atomic E-state index is 11.0. The number of aliphatic hydroxyl groups is 1. The second kappa shape index (κ2) is 10.3. The number of carbonyl (C=O) groups is 1. The molecule has 14 heavy (non-hydrogen) atoms. The van der Waals surface area contributed by atoms with E-state index in [0.29, 0.717) is 26.3 Å². The number of rotatable bonds is 8. The van der Waals surface area contributed by atoms with Crippen LogP contribution >= 0.6 is 0 Å². The molecular formula is C9H20N2O3. The SMILES string of the molecule is CCCNC(=O)NCCCOCCO. The number of nitrogens with one attached hydrogen (secondary N) is 2. The van der Waals surface area contributed by atoms with Crippen LogP contribution in [0, 0.1) is 0 Å². The van der Waals surface area contributed by atoms with E-state index in [1.54, 1.807) is 0 Å². The first-order valence-electron chi connectivity index (χ1n) is 5.01. The second-order valence-corrected chi connectivity index (χ2v) is 2.87. The number of ether oxygens (including phenoxy) is 1. The van der Waals surface area contributed by atoms with Crippen molar-refractivity contribution in [3.05, 3.63) is 0 Å². The Hall–Kier alpha value is -0.810. The number of amides is 2. The molecule has 5 heteroatoms. The molecule has 3 N–H and O–H groups in total. The zero-order chi connectivity index (χ0) is 10.6. The van der Waals surface area contributed by atoms with Crippen LogP contribution in [0.5, 0.6) is 0 Å². The molecule has 0 unspecified atom stereocenters. The Bertz CT molecular complexity index is 142. The lowest BCUT2D eigenvalue weighted by molar-refractivity contribution is 0.0910. The molecule has 0 bridgehead atoms. The summed E-state index contributed by atoms with van der Waals surface area (Å²) in [6.07, 6.45) is 1.70. The summed E-state index contributed by atoms with van der Waals surface area (Å²) in [5.41, 5.74) is 0. The Balaban J connectivity index is 3.07. The molecule has 0 saturated heterocycles. The van der Waals surface area contributed by atoms with Crippen LogP contribution in [0.1, 0.15) is 19.8 Å². The predicted molar refractivity (Wildman–Crippen MR) is 54.2 cm³/mol. The van der Waals surface area contributed by atoms with E-state index in [2.05, 4.69) is 10.6 Å². The minimum atomic E-state index is -0.131. The van der Waals surface area contributed by atoms with Crippen LogP contribution in [0.15, 0.2) is 0 Å². The fraction of sp³-hybridized carbons (Fsp3) is 0.889. The Labute approximate surface area is 84.8 Å². The van der Waals surface area contributed by atoms with Gasteiger partial charge in [-0.25, -0.2) is 4.79 Å². The standard InChI is InChI=1S/C9H20N2O3/c1-2-4-10-9(13)11-5-3-7-14-8-6-12/h12H,2-8H2,1H3,(H2,10,11,13). The summed E-state index contributed by atoms with van der Waals surface area (Å²) >= 11 is 0. The van der Waals surface area contributed by atoms with E-state index < -0.39 is 0 Å². The van der Waals surface area contributed by atoms with Crippen molar-refractivity contribution >= 4 is 6.03 Å². The molecule has 0 aliphatic rings. The van der Waals surface area contributed by atoms with Crippen LogP contribution in [-0.2, 0) is 4.74 Å². The van der Waals surface area contributed by atoms with Gasteiger partial charge < -0.3 is 20.5 Å². The molecule has 0 aromatic rings. The van der Waals surface area contributed by atoms with Crippen molar-refractivity contribution in [2.45, 2.75) is 19.8 Å². The summed E-state index contributed by atoms with van der Waals surface area (Å²) in [7, 11) is 0. The second-order valence-electron chi connectivity index (χ2n) is 2.87. The third kappa shape index (κ3) is 9.28. The smallest absolute Gasteiger partial charge is 0.314 e. The van der Waals surface area contributed by atoms with Gasteiger partial charge in [0.1, 0.15) is 0 Å². The number of hydrogen-bond donors (Lipinski definition) is 3. The quantitative estimate of drug-likeness (QED) is 0.491. The van der Waals surface area contributed by atoms with Gasteiger partial charge in [0.15, 0.2) is 0 Å². The molecule has 0 spiro atoms. The maximum Gasteiger partial charge on any atom is 0.314 e. The van der Waals surface area contributed by atoms with Gasteiger partial charge in [0.25, 0.3) is 0 Å². The van der Waals surface area contributed by atoms with E-state index in [0.717, 1.165) is 12.8 Å². The van der Waals surface area contributed by atoms with E-state index in [1.807, 2.05) is 6.92 Å². The van der Waals surface area contributed by atoms with E-state index in [9.17, 15) is 4.79 Å². The Morgan fingerprint density at radius 3 is 2.64 bits per heavy atom. The topological polar surface area (TPSA) is 70.6 Å². The molecule has 0 fully saturated rings. The minimum absolute atomic E-state index is 0.0460. The molecular weight excluding hydrogens is 184 g/mol. The summed E-state index contributed by atoms with van der Waals surface area (Å²) in [4.78, 5) is 11.0. The molecule has 0 aromatic heterocycles. The van der Waals surface area contributed by atoms with Gasteiger partial charge >= 0.3 is 6.03 Å². The molecule has 0 heterocycles.